The number of nitrogens with zero attached hydrogens (tertiary/aromatic N) is 1. The molecule has 0 aliphatic rings. The van der Waals surface area contributed by atoms with Crippen molar-refractivity contribution in [1.29, 1.82) is 0 Å². The molecule has 0 atom stereocenters. The van der Waals surface area contributed by atoms with Crippen LogP contribution in [-0.2, 0) is 0 Å². The van der Waals surface area contributed by atoms with Gasteiger partial charge < -0.3 is 10.3 Å². The summed E-state index contributed by atoms with van der Waals surface area (Å²) in [7, 11) is 0. The maximum absolute atomic E-state index is 12.4. The summed E-state index contributed by atoms with van der Waals surface area (Å²) in [6, 6.07) is 9.24. The third-order valence-corrected chi connectivity index (χ3v) is 3.68. The van der Waals surface area contributed by atoms with E-state index in [4.69, 9.17) is 23.2 Å². The Morgan fingerprint density at radius 1 is 1.29 bits per heavy atom. The number of carbonyl (C=O) groups excluding carboxylic acids is 1. The van der Waals surface area contributed by atoms with Crippen LogP contribution < -0.4 is 5.32 Å². The Hall–Kier alpha value is -2.04. The quantitative estimate of drug-likeness (QED) is 0.686. The molecule has 0 radical (unpaired) electrons. The fraction of sp³-hybridized carbons (Fsp3) is 0.0667. The number of fused-ring (bicyclic) bond motifs is 1. The van der Waals surface area contributed by atoms with Crippen molar-refractivity contribution in [3.8, 4) is 0 Å². The monoisotopic (exact) mass is 319 g/mol. The van der Waals surface area contributed by atoms with Crippen molar-refractivity contribution >= 4 is 45.7 Å². The summed E-state index contributed by atoms with van der Waals surface area (Å²) in [6.45, 7) is 1.81. The van der Waals surface area contributed by atoms with Crippen LogP contribution in [0.25, 0.3) is 10.9 Å². The fourth-order valence-electron chi connectivity index (χ4n) is 2.19. The van der Waals surface area contributed by atoms with Gasteiger partial charge >= 0.3 is 0 Å². The van der Waals surface area contributed by atoms with Crippen molar-refractivity contribution in [1.82, 2.24) is 9.97 Å². The van der Waals surface area contributed by atoms with Gasteiger partial charge in [-0.1, -0.05) is 41.4 Å². The number of pyridine rings is 1. The number of rotatable bonds is 2. The highest BCUT2D eigenvalue weighted by atomic mass is 35.5. The van der Waals surface area contributed by atoms with Crippen molar-refractivity contribution in [3.05, 3.63) is 58.0 Å². The van der Waals surface area contributed by atoms with Crippen LogP contribution in [-0.4, -0.2) is 15.9 Å². The van der Waals surface area contributed by atoms with E-state index in [9.17, 15) is 4.79 Å². The highest BCUT2D eigenvalue weighted by Gasteiger charge is 2.15. The minimum Gasteiger partial charge on any atom is -0.360 e. The molecule has 4 nitrogen and oxygen atoms in total. The van der Waals surface area contributed by atoms with E-state index < -0.39 is 0 Å². The Labute approximate surface area is 131 Å². The lowest BCUT2D eigenvalue weighted by molar-refractivity contribution is 0.102. The summed E-state index contributed by atoms with van der Waals surface area (Å²) in [5.41, 5.74) is 2.68. The van der Waals surface area contributed by atoms with Crippen LogP contribution in [0.1, 0.15) is 15.9 Å². The Morgan fingerprint density at radius 3 is 2.81 bits per heavy atom. The van der Waals surface area contributed by atoms with Crippen molar-refractivity contribution in [2.75, 3.05) is 5.32 Å². The van der Waals surface area contributed by atoms with Crippen LogP contribution in [0.4, 0.5) is 5.69 Å². The molecule has 0 aliphatic carbocycles. The largest absolute Gasteiger partial charge is 0.360 e. The Bertz CT molecular complexity index is 819. The number of benzene rings is 1. The molecule has 2 aromatic heterocycles. The van der Waals surface area contributed by atoms with E-state index in [1.165, 1.54) is 0 Å². The standard InChI is InChI=1S/C15H11Cl2N3O/c1-8-6-12(16)19-14(17)13(8)20-15(21)10-7-18-11-5-3-2-4-9(10)11/h2-7,18H,1H3,(H,20,21). The van der Waals surface area contributed by atoms with E-state index in [1.807, 2.05) is 31.2 Å². The number of aromatic amines is 1. The molecule has 0 fully saturated rings. The third kappa shape index (κ3) is 2.60. The predicted octanol–water partition coefficient (Wildman–Crippen LogP) is 4.43. The lowest BCUT2D eigenvalue weighted by Crippen LogP contribution is -2.13. The molecular weight excluding hydrogens is 309 g/mol. The molecule has 3 aromatic rings. The summed E-state index contributed by atoms with van der Waals surface area (Å²) in [6.07, 6.45) is 1.67. The number of anilines is 1. The molecule has 21 heavy (non-hydrogen) atoms. The van der Waals surface area contributed by atoms with E-state index in [1.54, 1.807) is 12.3 Å². The first kappa shape index (κ1) is 13.9. The van der Waals surface area contributed by atoms with Crippen LogP contribution in [0.5, 0.6) is 0 Å². The van der Waals surface area contributed by atoms with Crippen molar-refractivity contribution < 1.29 is 4.79 Å². The van der Waals surface area contributed by atoms with E-state index in [0.717, 1.165) is 16.5 Å². The van der Waals surface area contributed by atoms with Crippen molar-refractivity contribution in [2.45, 2.75) is 6.92 Å². The number of para-hydroxylation sites is 1. The number of halogens is 2. The second kappa shape index (κ2) is 5.39. The first-order chi connectivity index (χ1) is 10.1. The van der Waals surface area contributed by atoms with Gasteiger partial charge in [0.05, 0.1) is 11.3 Å². The molecule has 0 aliphatic heterocycles. The Kier molecular flexibility index (Phi) is 3.57. The Morgan fingerprint density at radius 2 is 2.05 bits per heavy atom. The number of nitrogens with one attached hydrogen (secondary N) is 2. The normalized spacial score (nSPS) is 10.8. The molecule has 6 heteroatoms. The molecular formula is C15H11Cl2N3O. The van der Waals surface area contributed by atoms with Gasteiger partial charge in [0.1, 0.15) is 5.15 Å². The van der Waals surface area contributed by atoms with Crippen molar-refractivity contribution in [2.24, 2.45) is 0 Å². The van der Waals surface area contributed by atoms with Gasteiger partial charge in [0.15, 0.2) is 5.15 Å². The second-order valence-corrected chi connectivity index (χ2v) is 5.38. The zero-order chi connectivity index (χ0) is 15.0. The molecule has 0 saturated heterocycles. The predicted molar refractivity (Wildman–Crippen MR) is 85.2 cm³/mol. The molecule has 1 aromatic carbocycles. The van der Waals surface area contributed by atoms with Crippen LogP contribution >= 0.6 is 23.2 Å². The first-order valence-electron chi connectivity index (χ1n) is 6.26. The van der Waals surface area contributed by atoms with E-state index in [-0.39, 0.29) is 11.1 Å². The summed E-state index contributed by atoms with van der Waals surface area (Å²) in [5, 5.41) is 4.11. The number of H-pyrrole nitrogens is 1. The maximum Gasteiger partial charge on any atom is 0.257 e. The van der Waals surface area contributed by atoms with Gasteiger partial charge in [-0.3, -0.25) is 4.79 Å². The number of hydrogen-bond donors (Lipinski definition) is 2. The third-order valence-electron chi connectivity index (χ3n) is 3.21. The smallest absolute Gasteiger partial charge is 0.257 e. The minimum atomic E-state index is -0.249. The number of amides is 1. The van der Waals surface area contributed by atoms with E-state index >= 15 is 0 Å². The number of aromatic nitrogens is 2. The summed E-state index contributed by atoms with van der Waals surface area (Å²) in [4.78, 5) is 19.4. The first-order valence-corrected chi connectivity index (χ1v) is 7.02. The molecule has 1 amide bonds. The highest BCUT2D eigenvalue weighted by molar-refractivity contribution is 6.35. The van der Waals surface area contributed by atoms with E-state index in [2.05, 4.69) is 15.3 Å². The minimum absolute atomic E-state index is 0.174. The molecule has 2 N–H and O–H groups in total. The van der Waals surface area contributed by atoms with E-state index in [0.29, 0.717) is 16.4 Å². The Balaban J connectivity index is 1.97. The fourth-order valence-corrected chi connectivity index (χ4v) is 2.76. The average molecular weight is 320 g/mol. The van der Waals surface area contributed by atoms with Gasteiger partial charge in [0.25, 0.3) is 5.91 Å². The number of hydrogen-bond acceptors (Lipinski definition) is 2. The number of carbonyl (C=O) groups is 1. The van der Waals surface area contributed by atoms with Gasteiger partial charge in [-0.2, -0.15) is 0 Å². The molecule has 106 valence electrons. The second-order valence-electron chi connectivity index (χ2n) is 4.63. The lowest BCUT2D eigenvalue weighted by Gasteiger charge is -2.09. The highest BCUT2D eigenvalue weighted by Crippen LogP contribution is 2.27. The van der Waals surface area contributed by atoms with Crippen molar-refractivity contribution in [3.63, 3.8) is 0 Å². The molecule has 0 unspecified atom stereocenters. The van der Waals surface area contributed by atoms with Crippen LogP contribution in [0.3, 0.4) is 0 Å². The van der Waals surface area contributed by atoms with Gasteiger partial charge in [-0.25, -0.2) is 4.98 Å². The van der Waals surface area contributed by atoms with Crippen LogP contribution in [0.2, 0.25) is 10.3 Å². The van der Waals surface area contributed by atoms with Gasteiger partial charge in [-0.05, 0) is 24.6 Å². The number of aryl methyl sites for hydroxylation is 1. The molecule has 0 saturated carbocycles. The molecule has 3 rings (SSSR count). The zero-order valence-corrected chi connectivity index (χ0v) is 12.6. The summed E-state index contributed by atoms with van der Waals surface area (Å²) >= 11 is 11.9. The molecule has 2 heterocycles. The topological polar surface area (TPSA) is 57.8 Å². The van der Waals surface area contributed by atoms with Gasteiger partial charge in [0.2, 0.25) is 0 Å². The average Bonchev–Trinajstić information content (AvgIpc) is 2.86. The summed E-state index contributed by atoms with van der Waals surface area (Å²) in [5.74, 6) is -0.249. The molecule has 0 bridgehead atoms. The van der Waals surface area contributed by atoms with Crippen LogP contribution in [0, 0.1) is 6.92 Å². The summed E-state index contributed by atoms with van der Waals surface area (Å²) < 4.78 is 0. The zero-order valence-electron chi connectivity index (χ0n) is 11.1. The van der Waals surface area contributed by atoms with Gasteiger partial charge in [-0.15, -0.1) is 0 Å². The lowest BCUT2D eigenvalue weighted by atomic mass is 10.1. The molecule has 0 spiro atoms. The van der Waals surface area contributed by atoms with Gasteiger partial charge in [0, 0.05) is 17.1 Å². The SMILES string of the molecule is Cc1cc(Cl)nc(Cl)c1NC(=O)c1c[nH]c2ccccc12. The van der Waals surface area contributed by atoms with Crippen LogP contribution in [0.15, 0.2) is 36.5 Å². The maximum atomic E-state index is 12.4.